The van der Waals surface area contributed by atoms with Crippen molar-refractivity contribution in [2.45, 2.75) is 58.9 Å². The van der Waals surface area contributed by atoms with Gasteiger partial charge in [0.2, 0.25) is 0 Å². The van der Waals surface area contributed by atoms with Crippen molar-refractivity contribution in [3.05, 3.63) is 35.4 Å². The molecule has 2 aliphatic rings. The first-order valence-corrected chi connectivity index (χ1v) is 10.5. The molecule has 29 heavy (non-hydrogen) atoms. The Morgan fingerprint density at radius 1 is 1.24 bits per heavy atom. The zero-order valence-electron chi connectivity index (χ0n) is 18.1. The molecule has 0 aromatic heterocycles. The molecular weight excluding hydrogens is 368 g/mol. The first-order valence-electron chi connectivity index (χ1n) is 10.5. The molecule has 0 spiro atoms. The summed E-state index contributed by atoms with van der Waals surface area (Å²) < 4.78 is 11.2. The number of hydrogen-bond acceptors (Lipinski definition) is 6. The molecule has 7 heteroatoms. The average Bonchev–Trinajstić information content (AvgIpc) is 3.08. The van der Waals surface area contributed by atoms with Crippen molar-refractivity contribution >= 4 is 12.1 Å². The second kappa shape index (κ2) is 9.48. The van der Waals surface area contributed by atoms with Crippen LogP contribution in [0.25, 0.3) is 0 Å². The molecule has 0 radical (unpaired) electrons. The number of carbonyl (C=O) groups excluding carboxylic acids is 1. The number of carbonyl (C=O) groups is 1. The summed E-state index contributed by atoms with van der Waals surface area (Å²) in [5, 5.41) is 3.50. The second-order valence-corrected chi connectivity index (χ2v) is 8.61. The Labute approximate surface area is 174 Å². The van der Waals surface area contributed by atoms with Crippen molar-refractivity contribution in [2.24, 2.45) is 4.99 Å². The summed E-state index contributed by atoms with van der Waals surface area (Å²) in [6.07, 6.45) is 0.785. The molecule has 1 aromatic carbocycles. The van der Waals surface area contributed by atoms with Crippen molar-refractivity contribution in [1.29, 1.82) is 0 Å². The monoisotopic (exact) mass is 402 g/mol. The molecule has 1 aromatic rings. The van der Waals surface area contributed by atoms with Crippen LogP contribution in [0.3, 0.4) is 0 Å². The van der Waals surface area contributed by atoms with Gasteiger partial charge < -0.3 is 24.6 Å². The summed E-state index contributed by atoms with van der Waals surface area (Å²) in [5.41, 5.74) is 1.96. The number of nitrogens with one attached hydrogen (secondary N) is 1. The summed E-state index contributed by atoms with van der Waals surface area (Å²) in [6.45, 7) is 12.7. The van der Waals surface area contributed by atoms with E-state index in [2.05, 4.69) is 35.3 Å². The molecule has 0 saturated carbocycles. The number of amides is 1. The Morgan fingerprint density at radius 2 is 2.00 bits per heavy atom. The molecule has 7 nitrogen and oxygen atoms in total. The van der Waals surface area contributed by atoms with Crippen LogP contribution in [0.4, 0.5) is 4.79 Å². The summed E-state index contributed by atoms with van der Waals surface area (Å²) in [7, 11) is 0. The third-order valence-electron chi connectivity index (χ3n) is 5.02. The maximum atomic E-state index is 12.4. The number of nitrogens with zero attached hydrogens (tertiary/aromatic N) is 3. The molecular formula is C22H34N4O3. The third kappa shape index (κ3) is 5.85. The van der Waals surface area contributed by atoms with Crippen LogP contribution in [0.2, 0.25) is 0 Å². The lowest BCUT2D eigenvalue weighted by atomic mass is 10.1. The predicted octanol–water partition coefficient (Wildman–Crippen LogP) is 2.99. The van der Waals surface area contributed by atoms with Gasteiger partial charge in [-0.25, -0.2) is 4.79 Å². The number of rotatable bonds is 6. The minimum atomic E-state index is -0.471. The van der Waals surface area contributed by atoms with E-state index in [1.807, 2.05) is 26.8 Å². The van der Waals surface area contributed by atoms with Crippen LogP contribution in [0.15, 0.2) is 29.3 Å². The number of benzene rings is 1. The van der Waals surface area contributed by atoms with Gasteiger partial charge >= 0.3 is 6.09 Å². The lowest BCUT2D eigenvalue weighted by Crippen LogP contribution is -2.57. The summed E-state index contributed by atoms with van der Waals surface area (Å²) in [5.74, 6) is 0.920. The van der Waals surface area contributed by atoms with Crippen LogP contribution < -0.4 is 5.32 Å². The van der Waals surface area contributed by atoms with Gasteiger partial charge in [0, 0.05) is 32.8 Å². The maximum absolute atomic E-state index is 12.4. The lowest BCUT2D eigenvalue weighted by molar-refractivity contribution is 0.0137. The molecule has 1 unspecified atom stereocenters. The highest BCUT2D eigenvalue weighted by Gasteiger charge is 2.36. The molecule has 160 valence electrons. The fourth-order valence-electron chi connectivity index (χ4n) is 3.59. The maximum Gasteiger partial charge on any atom is 0.410 e. The fourth-order valence-corrected chi connectivity index (χ4v) is 3.59. The van der Waals surface area contributed by atoms with E-state index >= 15 is 0 Å². The Morgan fingerprint density at radius 3 is 2.72 bits per heavy atom. The predicted molar refractivity (Wildman–Crippen MR) is 114 cm³/mol. The highest BCUT2D eigenvalue weighted by Crippen LogP contribution is 2.19. The molecule has 1 N–H and O–H groups in total. The zero-order valence-corrected chi connectivity index (χ0v) is 18.1. The van der Waals surface area contributed by atoms with E-state index in [1.165, 1.54) is 11.1 Å². The van der Waals surface area contributed by atoms with E-state index in [9.17, 15) is 4.79 Å². The Bertz CT molecular complexity index is 729. The highest BCUT2D eigenvalue weighted by atomic mass is 16.6. The normalized spacial score (nSPS) is 19.0. The van der Waals surface area contributed by atoms with Crippen molar-refractivity contribution < 1.29 is 14.3 Å². The van der Waals surface area contributed by atoms with E-state index in [0.29, 0.717) is 32.8 Å². The summed E-state index contributed by atoms with van der Waals surface area (Å²) in [4.78, 5) is 21.1. The van der Waals surface area contributed by atoms with Crippen molar-refractivity contribution in [3.8, 4) is 0 Å². The number of piperazine rings is 1. The lowest BCUT2D eigenvalue weighted by Gasteiger charge is -2.39. The molecule has 1 atom stereocenters. The quantitative estimate of drug-likeness (QED) is 0.741. The molecule has 3 rings (SSSR count). The van der Waals surface area contributed by atoms with E-state index in [1.54, 1.807) is 4.90 Å². The zero-order chi connectivity index (χ0) is 20.9. The first-order chi connectivity index (χ1) is 13.9. The van der Waals surface area contributed by atoms with E-state index in [0.717, 1.165) is 25.5 Å². The average molecular weight is 403 g/mol. The van der Waals surface area contributed by atoms with Gasteiger partial charge in [-0.2, -0.15) is 0 Å². The van der Waals surface area contributed by atoms with Gasteiger partial charge in [-0.1, -0.05) is 31.2 Å². The van der Waals surface area contributed by atoms with E-state index in [4.69, 9.17) is 14.5 Å². The van der Waals surface area contributed by atoms with Gasteiger partial charge in [-0.3, -0.25) is 4.99 Å². The van der Waals surface area contributed by atoms with Crippen LogP contribution in [-0.4, -0.2) is 66.3 Å². The van der Waals surface area contributed by atoms with Crippen LogP contribution in [-0.2, 0) is 22.6 Å². The number of ether oxygens (including phenoxy) is 2. The minimum absolute atomic E-state index is 0.210. The Kier molecular flexibility index (Phi) is 7.00. The van der Waals surface area contributed by atoms with E-state index in [-0.39, 0.29) is 12.1 Å². The number of aliphatic imine (C=N–C) groups is 1. The highest BCUT2D eigenvalue weighted by molar-refractivity contribution is 5.82. The van der Waals surface area contributed by atoms with Crippen LogP contribution in [0.1, 0.15) is 45.2 Å². The molecule has 1 fully saturated rings. The number of hydrogen-bond donors (Lipinski definition) is 1. The second-order valence-electron chi connectivity index (χ2n) is 8.61. The van der Waals surface area contributed by atoms with Gasteiger partial charge in [0.05, 0.1) is 19.2 Å². The Balaban J connectivity index is 1.52. The molecule has 0 aliphatic carbocycles. The molecule has 0 bridgehead atoms. The smallest absolute Gasteiger partial charge is 0.410 e. The fraction of sp³-hybridized carbons (Fsp3) is 0.636. The Hall–Kier alpha value is -2.28. The van der Waals surface area contributed by atoms with Crippen molar-refractivity contribution in [1.82, 2.24) is 15.1 Å². The third-order valence-corrected chi connectivity index (χ3v) is 5.02. The van der Waals surface area contributed by atoms with Crippen LogP contribution in [0, 0.1) is 0 Å². The molecule has 1 amide bonds. The van der Waals surface area contributed by atoms with Gasteiger partial charge in [0.1, 0.15) is 5.60 Å². The van der Waals surface area contributed by atoms with Gasteiger partial charge in [0.25, 0.3) is 0 Å². The molecule has 1 saturated heterocycles. The summed E-state index contributed by atoms with van der Waals surface area (Å²) >= 11 is 0. The molecule has 2 aliphatic heterocycles. The van der Waals surface area contributed by atoms with Gasteiger partial charge in [0.15, 0.2) is 5.96 Å². The van der Waals surface area contributed by atoms with Crippen molar-refractivity contribution in [2.75, 3.05) is 32.8 Å². The summed E-state index contributed by atoms with van der Waals surface area (Å²) in [6, 6.07) is 8.56. The topological polar surface area (TPSA) is 66.4 Å². The number of fused-ring (bicyclic) bond motifs is 1. The van der Waals surface area contributed by atoms with Crippen molar-refractivity contribution in [3.63, 3.8) is 0 Å². The largest absolute Gasteiger partial charge is 0.444 e. The SMILES string of the molecule is CCCOCc1ccccc1CNC1=NCC2CN(C(=O)OC(C)(C)C)CCN12. The van der Waals surface area contributed by atoms with E-state index < -0.39 is 5.60 Å². The van der Waals surface area contributed by atoms with Gasteiger partial charge in [-0.05, 0) is 38.3 Å². The standard InChI is InChI=1S/C22H34N4O3/c1-5-12-28-16-18-9-7-6-8-17(18)13-23-20-24-14-19-15-25(10-11-26(19)20)21(27)29-22(2,3)4/h6-9,19H,5,10-16H2,1-4H3,(H,23,24). The van der Waals surface area contributed by atoms with Gasteiger partial charge in [-0.15, -0.1) is 0 Å². The van der Waals surface area contributed by atoms with Crippen LogP contribution in [0.5, 0.6) is 0 Å². The minimum Gasteiger partial charge on any atom is -0.444 e. The molecule has 2 heterocycles. The first kappa shape index (κ1) is 21.4. The number of guanidine groups is 1. The van der Waals surface area contributed by atoms with Crippen LogP contribution >= 0.6 is 0 Å².